The second kappa shape index (κ2) is 7.70. The highest BCUT2D eigenvalue weighted by Crippen LogP contribution is 2.23. The van der Waals surface area contributed by atoms with E-state index in [-0.39, 0.29) is 5.91 Å². The van der Waals surface area contributed by atoms with Crippen LogP contribution in [0.4, 0.5) is 22.7 Å². The molecule has 0 radical (unpaired) electrons. The number of amides is 1. The molecule has 0 aliphatic heterocycles. The van der Waals surface area contributed by atoms with E-state index in [1.54, 1.807) is 12.3 Å². The lowest BCUT2D eigenvalue weighted by molar-refractivity contribution is 0.102. The number of nitrogens with one attached hydrogen (secondary N) is 1. The summed E-state index contributed by atoms with van der Waals surface area (Å²) in [6, 6.07) is 21.3. The van der Waals surface area contributed by atoms with Crippen molar-refractivity contribution < 1.29 is 4.79 Å². The molecule has 0 saturated carbocycles. The Hall–Kier alpha value is -3.34. The summed E-state index contributed by atoms with van der Waals surface area (Å²) in [6.45, 7) is 0. The van der Waals surface area contributed by atoms with Crippen molar-refractivity contribution in [1.29, 1.82) is 0 Å². The van der Waals surface area contributed by atoms with E-state index in [1.165, 1.54) is 0 Å². The van der Waals surface area contributed by atoms with Gasteiger partial charge in [0.25, 0.3) is 5.91 Å². The standard InChI is InChI=1S/C21H22N4O/c1-24(2)17-11-9-16(10-12-17)23-21(26)20-15-19(13-14-22-20)25(3)18-7-5-4-6-8-18/h4-15H,1-3H3,(H,23,26). The number of carbonyl (C=O) groups is 1. The van der Waals surface area contributed by atoms with E-state index in [0.717, 1.165) is 22.7 Å². The number of rotatable bonds is 5. The third-order valence-electron chi connectivity index (χ3n) is 4.15. The van der Waals surface area contributed by atoms with Crippen LogP contribution in [-0.2, 0) is 0 Å². The molecule has 1 amide bonds. The first-order chi connectivity index (χ1) is 12.5. The van der Waals surface area contributed by atoms with Crippen molar-refractivity contribution in [2.75, 3.05) is 36.3 Å². The summed E-state index contributed by atoms with van der Waals surface area (Å²) >= 11 is 0. The fourth-order valence-corrected chi connectivity index (χ4v) is 2.59. The molecule has 1 aromatic heterocycles. The zero-order chi connectivity index (χ0) is 18.5. The van der Waals surface area contributed by atoms with Gasteiger partial charge in [0.2, 0.25) is 0 Å². The second-order valence-corrected chi connectivity index (χ2v) is 6.19. The number of para-hydroxylation sites is 1. The molecule has 0 aliphatic carbocycles. The molecule has 0 aliphatic rings. The molecule has 0 fully saturated rings. The first-order valence-corrected chi connectivity index (χ1v) is 8.38. The van der Waals surface area contributed by atoms with Crippen LogP contribution in [0.5, 0.6) is 0 Å². The molecule has 1 N–H and O–H groups in total. The zero-order valence-electron chi connectivity index (χ0n) is 15.2. The summed E-state index contributed by atoms with van der Waals surface area (Å²) in [5.41, 5.74) is 4.14. The minimum Gasteiger partial charge on any atom is -0.378 e. The topological polar surface area (TPSA) is 48.5 Å². The third-order valence-corrected chi connectivity index (χ3v) is 4.15. The lowest BCUT2D eigenvalue weighted by Crippen LogP contribution is -2.16. The van der Waals surface area contributed by atoms with E-state index >= 15 is 0 Å². The fourth-order valence-electron chi connectivity index (χ4n) is 2.59. The van der Waals surface area contributed by atoms with Gasteiger partial charge in [-0.25, -0.2) is 0 Å². The lowest BCUT2D eigenvalue weighted by atomic mass is 10.2. The number of pyridine rings is 1. The van der Waals surface area contributed by atoms with Crippen molar-refractivity contribution in [3.63, 3.8) is 0 Å². The van der Waals surface area contributed by atoms with Gasteiger partial charge in [-0.05, 0) is 48.5 Å². The number of anilines is 4. The van der Waals surface area contributed by atoms with Gasteiger partial charge in [0.15, 0.2) is 0 Å². The highest BCUT2D eigenvalue weighted by molar-refractivity contribution is 6.03. The van der Waals surface area contributed by atoms with Crippen molar-refractivity contribution in [3.8, 4) is 0 Å². The van der Waals surface area contributed by atoms with Crippen LogP contribution in [0.3, 0.4) is 0 Å². The van der Waals surface area contributed by atoms with Crippen LogP contribution in [0.15, 0.2) is 72.9 Å². The SMILES string of the molecule is CN(C)c1ccc(NC(=O)c2cc(N(C)c3ccccc3)ccn2)cc1. The summed E-state index contributed by atoms with van der Waals surface area (Å²) in [5.74, 6) is -0.231. The van der Waals surface area contributed by atoms with Crippen molar-refractivity contribution in [2.45, 2.75) is 0 Å². The van der Waals surface area contributed by atoms with Gasteiger partial charge < -0.3 is 15.1 Å². The Morgan fingerprint density at radius 1 is 0.846 bits per heavy atom. The van der Waals surface area contributed by atoms with E-state index in [4.69, 9.17) is 0 Å². The summed E-state index contributed by atoms with van der Waals surface area (Å²) in [7, 11) is 5.92. The molecule has 0 bridgehead atoms. The first-order valence-electron chi connectivity index (χ1n) is 8.38. The summed E-state index contributed by atoms with van der Waals surface area (Å²) in [6.07, 6.45) is 1.65. The molecule has 5 heteroatoms. The van der Waals surface area contributed by atoms with Crippen LogP contribution in [0, 0.1) is 0 Å². The van der Waals surface area contributed by atoms with E-state index in [2.05, 4.69) is 10.3 Å². The Morgan fingerprint density at radius 3 is 2.19 bits per heavy atom. The van der Waals surface area contributed by atoms with Crippen LogP contribution in [-0.4, -0.2) is 32.0 Å². The molecule has 0 spiro atoms. The number of hydrogen-bond donors (Lipinski definition) is 1. The molecule has 3 aromatic rings. The molecule has 132 valence electrons. The largest absolute Gasteiger partial charge is 0.378 e. The monoisotopic (exact) mass is 346 g/mol. The zero-order valence-corrected chi connectivity index (χ0v) is 15.2. The van der Waals surface area contributed by atoms with Gasteiger partial charge in [-0.15, -0.1) is 0 Å². The Balaban J connectivity index is 1.76. The normalized spacial score (nSPS) is 10.3. The number of aromatic nitrogens is 1. The molecule has 26 heavy (non-hydrogen) atoms. The van der Waals surface area contributed by atoms with Gasteiger partial charge in [0.05, 0.1) is 0 Å². The summed E-state index contributed by atoms with van der Waals surface area (Å²) in [4.78, 5) is 20.8. The maximum Gasteiger partial charge on any atom is 0.274 e. The van der Waals surface area contributed by atoms with Crippen molar-refractivity contribution in [3.05, 3.63) is 78.6 Å². The molecule has 2 aromatic carbocycles. The van der Waals surface area contributed by atoms with Crippen molar-refractivity contribution >= 4 is 28.7 Å². The Bertz CT molecular complexity index is 876. The predicted molar refractivity (Wildman–Crippen MR) is 107 cm³/mol. The smallest absolute Gasteiger partial charge is 0.274 e. The van der Waals surface area contributed by atoms with Crippen molar-refractivity contribution in [1.82, 2.24) is 4.98 Å². The molecular formula is C21H22N4O. The number of nitrogens with zero attached hydrogens (tertiary/aromatic N) is 3. The van der Waals surface area contributed by atoms with Crippen LogP contribution >= 0.6 is 0 Å². The van der Waals surface area contributed by atoms with Crippen LogP contribution in [0.25, 0.3) is 0 Å². The average molecular weight is 346 g/mol. The van der Waals surface area contributed by atoms with E-state index in [9.17, 15) is 4.79 Å². The third kappa shape index (κ3) is 4.00. The minimum absolute atomic E-state index is 0.231. The summed E-state index contributed by atoms with van der Waals surface area (Å²) in [5, 5.41) is 2.89. The predicted octanol–water partition coefficient (Wildman–Crippen LogP) is 4.17. The molecular weight excluding hydrogens is 324 g/mol. The van der Waals surface area contributed by atoms with Gasteiger partial charge in [0, 0.05) is 50.1 Å². The van der Waals surface area contributed by atoms with E-state index in [0.29, 0.717) is 5.69 Å². The van der Waals surface area contributed by atoms with E-state index < -0.39 is 0 Å². The quantitative estimate of drug-likeness (QED) is 0.753. The summed E-state index contributed by atoms with van der Waals surface area (Å²) < 4.78 is 0. The molecule has 0 unspecified atom stereocenters. The van der Waals surface area contributed by atoms with Gasteiger partial charge in [-0.3, -0.25) is 9.78 Å². The lowest BCUT2D eigenvalue weighted by Gasteiger charge is -2.19. The molecule has 0 atom stereocenters. The number of carbonyl (C=O) groups excluding carboxylic acids is 1. The average Bonchev–Trinajstić information content (AvgIpc) is 2.68. The number of hydrogen-bond acceptors (Lipinski definition) is 4. The van der Waals surface area contributed by atoms with Crippen LogP contribution in [0.2, 0.25) is 0 Å². The van der Waals surface area contributed by atoms with Crippen LogP contribution < -0.4 is 15.1 Å². The van der Waals surface area contributed by atoms with Gasteiger partial charge >= 0.3 is 0 Å². The first kappa shape index (κ1) is 17.5. The van der Waals surface area contributed by atoms with Crippen LogP contribution in [0.1, 0.15) is 10.5 Å². The minimum atomic E-state index is -0.231. The maximum atomic E-state index is 12.5. The molecule has 5 nitrogen and oxygen atoms in total. The molecule has 3 rings (SSSR count). The van der Waals surface area contributed by atoms with Gasteiger partial charge in [-0.2, -0.15) is 0 Å². The molecule has 1 heterocycles. The van der Waals surface area contributed by atoms with E-state index in [1.807, 2.05) is 91.6 Å². The number of benzene rings is 2. The van der Waals surface area contributed by atoms with Crippen molar-refractivity contribution in [2.24, 2.45) is 0 Å². The molecule has 0 saturated heterocycles. The Labute approximate surface area is 153 Å². The van der Waals surface area contributed by atoms with Gasteiger partial charge in [0.1, 0.15) is 5.69 Å². The Kier molecular flexibility index (Phi) is 5.17. The van der Waals surface area contributed by atoms with Gasteiger partial charge in [-0.1, -0.05) is 18.2 Å². The second-order valence-electron chi connectivity index (χ2n) is 6.19. The highest BCUT2D eigenvalue weighted by atomic mass is 16.1. The highest BCUT2D eigenvalue weighted by Gasteiger charge is 2.11. The Morgan fingerprint density at radius 2 is 1.54 bits per heavy atom. The maximum absolute atomic E-state index is 12.5. The fraction of sp³-hybridized carbons (Fsp3) is 0.143.